The summed E-state index contributed by atoms with van der Waals surface area (Å²) in [7, 11) is 1.55. The van der Waals surface area contributed by atoms with E-state index in [4.69, 9.17) is 10.5 Å². The maximum Gasteiger partial charge on any atom is 0.226 e. The van der Waals surface area contributed by atoms with Crippen LogP contribution in [-0.2, 0) is 11.3 Å². The molecule has 2 rings (SSSR count). The molecule has 1 aromatic heterocycles. The first-order chi connectivity index (χ1) is 9.58. The Morgan fingerprint density at radius 2 is 2.25 bits per heavy atom. The summed E-state index contributed by atoms with van der Waals surface area (Å²) in [6.45, 7) is 2.44. The monoisotopic (exact) mass is 274 g/mol. The Kier molecular flexibility index (Phi) is 4.24. The highest BCUT2D eigenvalue weighted by atomic mass is 16.5. The van der Waals surface area contributed by atoms with E-state index in [1.807, 2.05) is 19.2 Å². The molecule has 0 atom stereocenters. The smallest absolute Gasteiger partial charge is 0.226 e. The van der Waals surface area contributed by atoms with E-state index in [0.717, 1.165) is 5.69 Å². The molecule has 0 aliphatic heterocycles. The van der Waals surface area contributed by atoms with E-state index in [2.05, 4.69) is 10.4 Å². The molecule has 6 nitrogen and oxygen atoms in total. The van der Waals surface area contributed by atoms with Crippen LogP contribution >= 0.6 is 0 Å². The van der Waals surface area contributed by atoms with Crippen LogP contribution in [0.3, 0.4) is 0 Å². The van der Waals surface area contributed by atoms with E-state index in [9.17, 15) is 4.79 Å². The van der Waals surface area contributed by atoms with E-state index in [-0.39, 0.29) is 5.91 Å². The first-order valence-corrected chi connectivity index (χ1v) is 6.32. The van der Waals surface area contributed by atoms with Gasteiger partial charge in [0.05, 0.1) is 18.5 Å². The molecule has 106 valence electrons. The number of aromatic nitrogens is 2. The first kappa shape index (κ1) is 13.9. The van der Waals surface area contributed by atoms with Gasteiger partial charge in [-0.15, -0.1) is 0 Å². The second-order valence-corrected chi connectivity index (χ2v) is 4.48. The Hall–Kier alpha value is -2.50. The topological polar surface area (TPSA) is 82.2 Å². The van der Waals surface area contributed by atoms with E-state index in [1.165, 1.54) is 0 Å². The van der Waals surface area contributed by atoms with Crippen molar-refractivity contribution >= 4 is 17.3 Å². The molecular weight excluding hydrogens is 256 g/mol. The fourth-order valence-electron chi connectivity index (χ4n) is 1.84. The highest BCUT2D eigenvalue weighted by molar-refractivity contribution is 5.92. The maximum absolute atomic E-state index is 11.9. The number of rotatable bonds is 5. The molecule has 0 saturated carbocycles. The van der Waals surface area contributed by atoms with E-state index in [0.29, 0.717) is 30.1 Å². The van der Waals surface area contributed by atoms with Crippen LogP contribution in [0.15, 0.2) is 30.5 Å². The lowest BCUT2D eigenvalue weighted by Crippen LogP contribution is -2.15. The highest BCUT2D eigenvalue weighted by Crippen LogP contribution is 2.26. The van der Waals surface area contributed by atoms with Crippen molar-refractivity contribution in [3.8, 4) is 5.75 Å². The lowest BCUT2D eigenvalue weighted by atomic mass is 10.2. The van der Waals surface area contributed by atoms with Gasteiger partial charge in [-0.2, -0.15) is 5.10 Å². The molecule has 0 radical (unpaired) electrons. The van der Waals surface area contributed by atoms with E-state index >= 15 is 0 Å². The van der Waals surface area contributed by atoms with Crippen molar-refractivity contribution in [3.63, 3.8) is 0 Å². The number of ether oxygens (including phenoxy) is 1. The van der Waals surface area contributed by atoms with Crippen LogP contribution in [0.2, 0.25) is 0 Å². The van der Waals surface area contributed by atoms with Gasteiger partial charge in [0.1, 0.15) is 5.75 Å². The molecule has 1 aromatic carbocycles. The zero-order valence-electron chi connectivity index (χ0n) is 11.6. The van der Waals surface area contributed by atoms with Gasteiger partial charge >= 0.3 is 0 Å². The second-order valence-electron chi connectivity index (χ2n) is 4.48. The van der Waals surface area contributed by atoms with Crippen LogP contribution in [0.1, 0.15) is 12.1 Å². The van der Waals surface area contributed by atoms with Crippen molar-refractivity contribution in [1.29, 1.82) is 0 Å². The molecule has 0 saturated heterocycles. The van der Waals surface area contributed by atoms with Crippen LogP contribution in [0.4, 0.5) is 11.4 Å². The van der Waals surface area contributed by atoms with Crippen LogP contribution in [0, 0.1) is 6.92 Å². The fraction of sp³-hybridized carbons (Fsp3) is 0.286. The van der Waals surface area contributed by atoms with Gasteiger partial charge in [-0.05, 0) is 31.2 Å². The standard InChI is InChI=1S/C14H18N4O2/c1-10-5-7-18(17-10)8-6-14(19)16-12-9-11(15)3-4-13(12)20-2/h3-5,7,9H,6,8,15H2,1-2H3,(H,16,19). The number of hydrogen-bond donors (Lipinski definition) is 2. The highest BCUT2D eigenvalue weighted by Gasteiger charge is 2.08. The molecule has 6 heteroatoms. The van der Waals surface area contributed by atoms with E-state index in [1.54, 1.807) is 30.0 Å². The number of nitrogens with zero attached hydrogens (tertiary/aromatic N) is 2. The molecule has 3 N–H and O–H groups in total. The molecule has 0 unspecified atom stereocenters. The van der Waals surface area contributed by atoms with Gasteiger partial charge in [-0.1, -0.05) is 0 Å². The SMILES string of the molecule is COc1ccc(N)cc1NC(=O)CCn1ccc(C)n1. The Labute approximate surface area is 117 Å². The minimum atomic E-state index is -0.109. The molecule has 0 spiro atoms. The molecule has 1 amide bonds. The Bertz CT molecular complexity index is 607. The van der Waals surface area contributed by atoms with Gasteiger partial charge in [0, 0.05) is 24.8 Å². The number of benzene rings is 1. The van der Waals surface area contributed by atoms with Crippen LogP contribution in [0.5, 0.6) is 5.75 Å². The molecule has 0 fully saturated rings. The molecule has 0 bridgehead atoms. The summed E-state index contributed by atoms with van der Waals surface area (Å²) in [5, 5.41) is 7.02. The van der Waals surface area contributed by atoms with Crippen molar-refractivity contribution in [2.75, 3.05) is 18.2 Å². The number of amides is 1. The average molecular weight is 274 g/mol. The molecule has 0 aliphatic carbocycles. The minimum absolute atomic E-state index is 0.109. The molecule has 2 aromatic rings. The third-order valence-electron chi connectivity index (χ3n) is 2.84. The Morgan fingerprint density at radius 1 is 1.45 bits per heavy atom. The quantitative estimate of drug-likeness (QED) is 0.815. The van der Waals surface area contributed by atoms with Gasteiger partial charge < -0.3 is 15.8 Å². The predicted molar refractivity (Wildman–Crippen MR) is 77.6 cm³/mol. The molecule has 20 heavy (non-hydrogen) atoms. The zero-order valence-corrected chi connectivity index (χ0v) is 11.6. The van der Waals surface area contributed by atoms with Crippen molar-refractivity contribution in [3.05, 3.63) is 36.2 Å². The van der Waals surface area contributed by atoms with Crippen LogP contribution in [-0.4, -0.2) is 22.8 Å². The minimum Gasteiger partial charge on any atom is -0.495 e. The normalized spacial score (nSPS) is 10.3. The van der Waals surface area contributed by atoms with Crippen molar-refractivity contribution < 1.29 is 9.53 Å². The first-order valence-electron chi connectivity index (χ1n) is 6.32. The maximum atomic E-state index is 11.9. The predicted octanol–water partition coefficient (Wildman–Crippen LogP) is 1.81. The summed E-state index contributed by atoms with van der Waals surface area (Å²) in [5.41, 5.74) is 7.79. The summed E-state index contributed by atoms with van der Waals surface area (Å²) in [5.74, 6) is 0.476. The molecular formula is C14H18N4O2. The van der Waals surface area contributed by atoms with Crippen molar-refractivity contribution in [2.45, 2.75) is 19.9 Å². The number of hydrogen-bond acceptors (Lipinski definition) is 4. The van der Waals surface area contributed by atoms with Crippen LogP contribution in [0.25, 0.3) is 0 Å². The van der Waals surface area contributed by atoms with Crippen molar-refractivity contribution in [1.82, 2.24) is 9.78 Å². The number of nitrogens with one attached hydrogen (secondary N) is 1. The van der Waals surface area contributed by atoms with Gasteiger partial charge in [0.2, 0.25) is 5.91 Å². The number of methoxy groups -OCH3 is 1. The van der Waals surface area contributed by atoms with E-state index < -0.39 is 0 Å². The fourth-order valence-corrected chi connectivity index (χ4v) is 1.84. The van der Waals surface area contributed by atoms with Gasteiger partial charge in [0.15, 0.2) is 0 Å². The summed E-state index contributed by atoms with van der Waals surface area (Å²) >= 11 is 0. The Balaban J connectivity index is 1.96. The zero-order chi connectivity index (χ0) is 14.5. The number of nitrogen functional groups attached to an aromatic ring is 1. The number of aryl methyl sites for hydroxylation is 2. The second kappa shape index (κ2) is 6.10. The third kappa shape index (κ3) is 3.50. The lowest BCUT2D eigenvalue weighted by molar-refractivity contribution is -0.116. The van der Waals surface area contributed by atoms with Crippen molar-refractivity contribution in [2.24, 2.45) is 0 Å². The van der Waals surface area contributed by atoms with Gasteiger partial charge in [0.25, 0.3) is 0 Å². The molecule has 1 heterocycles. The van der Waals surface area contributed by atoms with Gasteiger partial charge in [-0.3, -0.25) is 9.48 Å². The van der Waals surface area contributed by atoms with Crippen LogP contribution < -0.4 is 15.8 Å². The third-order valence-corrected chi connectivity index (χ3v) is 2.84. The number of anilines is 2. The molecule has 0 aliphatic rings. The summed E-state index contributed by atoms with van der Waals surface area (Å²) < 4.78 is 6.92. The Morgan fingerprint density at radius 3 is 2.90 bits per heavy atom. The summed E-state index contributed by atoms with van der Waals surface area (Å²) in [6.07, 6.45) is 2.18. The number of nitrogens with two attached hydrogens (primary N) is 1. The number of carbonyl (C=O) groups excluding carboxylic acids is 1. The van der Waals surface area contributed by atoms with Gasteiger partial charge in [-0.25, -0.2) is 0 Å². The lowest BCUT2D eigenvalue weighted by Gasteiger charge is -2.11. The summed E-state index contributed by atoms with van der Waals surface area (Å²) in [4.78, 5) is 11.9. The largest absolute Gasteiger partial charge is 0.495 e. The average Bonchev–Trinajstić information content (AvgIpc) is 2.83. The number of carbonyl (C=O) groups is 1. The summed E-state index contributed by atoms with van der Waals surface area (Å²) in [6, 6.07) is 7.02.